The number of carbonyl (C=O) groups is 1. The summed E-state index contributed by atoms with van der Waals surface area (Å²) >= 11 is 4.94. The molecule has 0 atom stereocenters. The summed E-state index contributed by atoms with van der Waals surface area (Å²) < 4.78 is 1.04. The van der Waals surface area contributed by atoms with Gasteiger partial charge in [0.25, 0.3) is 0 Å². The van der Waals surface area contributed by atoms with Crippen molar-refractivity contribution >= 4 is 44.9 Å². The summed E-state index contributed by atoms with van der Waals surface area (Å²) in [5.41, 5.74) is 1.43. The number of carbonyl (C=O) groups excluding carboxylic acids is 1. The summed E-state index contributed by atoms with van der Waals surface area (Å²) in [7, 11) is 0. The zero-order valence-electron chi connectivity index (χ0n) is 9.89. The van der Waals surface area contributed by atoms with E-state index in [0.29, 0.717) is 5.69 Å². The molecule has 2 nitrogen and oxygen atoms in total. The van der Waals surface area contributed by atoms with Crippen LogP contribution in [0.5, 0.6) is 0 Å². The molecule has 0 aliphatic rings. The van der Waals surface area contributed by atoms with E-state index >= 15 is 0 Å². The maximum Gasteiger partial charge on any atom is 0.248 e. The third-order valence-electron chi connectivity index (χ3n) is 2.29. The Morgan fingerprint density at radius 2 is 2.21 bits per heavy atom. The third kappa shape index (κ3) is 4.09. The summed E-state index contributed by atoms with van der Waals surface area (Å²) in [6.45, 7) is 0. The Labute approximate surface area is 124 Å². The summed E-state index contributed by atoms with van der Waals surface area (Å²) in [6.07, 6.45) is 8.58. The Kier molecular flexibility index (Phi) is 4.56. The summed E-state index contributed by atoms with van der Waals surface area (Å²) in [6, 6.07) is 11.1. The molecule has 0 radical (unpaired) electrons. The number of amides is 1. The molecule has 0 unspecified atom stereocenters. The molecule has 0 bridgehead atoms. The first-order valence-corrected chi connectivity index (χ1v) is 7.09. The molecule has 0 aliphatic carbocycles. The van der Waals surface area contributed by atoms with Crippen molar-refractivity contribution < 1.29 is 4.79 Å². The third-order valence-corrected chi connectivity index (χ3v) is 3.88. The van der Waals surface area contributed by atoms with Gasteiger partial charge in [-0.25, -0.2) is 0 Å². The zero-order chi connectivity index (χ0) is 13.7. The van der Waals surface area contributed by atoms with Crippen molar-refractivity contribution in [3.05, 3.63) is 56.7 Å². The highest BCUT2D eigenvalue weighted by Gasteiger charge is 1.99. The maximum absolute atomic E-state index is 11.7. The molecule has 1 amide bonds. The van der Waals surface area contributed by atoms with Crippen LogP contribution in [0.15, 0.2) is 46.3 Å². The van der Waals surface area contributed by atoms with Crippen LogP contribution in [0.2, 0.25) is 0 Å². The molecular weight excluding hydrogens is 322 g/mol. The van der Waals surface area contributed by atoms with Crippen LogP contribution in [0, 0.1) is 12.3 Å². The van der Waals surface area contributed by atoms with Gasteiger partial charge in [-0.3, -0.25) is 4.79 Å². The monoisotopic (exact) mass is 331 g/mol. The molecule has 4 heteroatoms. The van der Waals surface area contributed by atoms with Crippen LogP contribution >= 0.6 is 27.3 Å². The van der Waals surface area contributed by atoms with Gasteiger partial charge >= 0.3 is 0 Å². The first-order chi connectivity index (χ1) is 9.17. The van der Waals surface area contributed by atoms with Crippen LogP contribution in [0.1, 0.15) is 10.4 Å². The number of hydrogen-bond acceptors (Lipinski definition) is 2. The van der Waals surface area contributed by atoms with Gasteiger partial charge in [-0.05, 0) is 52.3 Å². The van der Waals surface area contributed by atoms with Gasteiger partial charge in [0.15, 0.2) is 0 Å². The van der Waals surface area contributed by atoms with E-state index in [0.717, 1.165) is 14.2 Å². The quantitative estimate of drug-likeness (QED) is 0.664. The Morgan fingerprint density at radius 3 is 2.89 bits per heavy atom. The number of thiophene rings is 1. The number of rotatable bonds is 3. The molecule has 1 N–H and O–H groups in total. The predicted molar refractivity (Wildman–Crippen MR) is 84.1 cm³/mol. The zero-order valence-corrected chi connectivity index (χ0v) is 12.3. The van der Waals surface area contributed by atoms with Crippen molar-refractivity contribution in [2.45, 2.75) is 0 Å². The van der Waals surface area contributed by atoms with E-state index in [9.17, 15) is 4.79 Å². The summed E-state index contributed by atoms with van der Waals surface area (Å²) in [4.78, 5) is 12.7. The smallest absolute Gasteiger partial charge is 0.248 e. The van der Waals surface area contributed by atoms with E-state index in [1.54, 1.807) is 29.5 Å². The number of benzene rings is 1. The van der Waals surface area contributed by atoms with E-state index in [2.05, 4.69) is 27.2 Å². The Hall–Kier alpha value is -1.83. The van der Waals surface area contributed by atoms with Crippen LogP contribution in [0.3, 0.4) is 0 Å². The number of anilines is 1. The molecule has 1 aromatic heterocycles. The molecule has 0 saturated carbocycles. The average Bonchev–Trinajstić information content (AvgIpc) is 2.82. The van der Waals surface area contributed by atoms with Crippen LogP contribution in [0.25, 0.3) is 6.08 Å². The first-order valence-electron chi connectivity index (χ1n) is 5.48. The standard InChI is InChI=1S/C15H10BrNOS/c1-2-11-4-3-5-12(10-11)17-15(18)9-7-13-6-8-14(16)19-13/h1,3-10H,(H,17,18)/b9-7+. The second kappa shape index (κ2) is 6.37. The molecule has 0 saturated heterocycles. The lowest BCUT2D eigenvalue weighted by atomic mass is 10.2. The minimum Gasteiger partial charge on any atom is -0.322 e. The fraction of sp³-hybridized carbons (Fsp3) is 0. The van der Waals surface area contributed by atoms with Crippen LogP contribution in [-0.4, -0.2) is 5.91 Å². The largest absolute Gasteiger partial charge is 0.322 e. The molecule has 2 aromatic rings. The number of terminal acetylenes is 1. The van der Waals surface area contributed by atoms with E-state index in [1.165, 1.54) is 6.08 Å². The fourth-order valence-electron chi connectivity index (χ4n) is 1.45. The van der Waals surface area contributed by atoms with Gasteiger partial charge in [0.2, 0.25) is 5.91 Å². The Balaban J connectivity index is 2.01. The van der Waals surface area contributed by atoms with Gasteiger partial charge in [0, 0.05) is 22.2 Å². The van der Waals surface area contributed by atoms with Gasteiger partial charge in [-0.2, -0.15) is 0 Å². The van der Waals surface area contributed by atoms with E-state index in [1.807, 2.05) is 24.3 Å². The highest BCUT2D eigenvalue weighted by Crippen LogP contribution is 2.23. The SMILES string of the molecule is C#Cc1cccc(NC(=O)/C=C/c2ccc(Br)s2)c1. The van der Waals surface area contributed by atoms with Gasteiger partial charge in [0.05, 0.1) is 3.79 Å². The Morgan fingerprint density at radius 1 is 1.37 bits per heavy atom. The molecule has 19 heavy (non-hydrogen) atoms. The van der Waals surface area contributed by atoms with Crippen molar-refractivity contribution in [2.24, 2.45) is 0 Å². The average molecular weight is 332 g/mol. The summed E-state index contributed by atoms with van der Waals surface area (Å²) in [5.74, 6) is 2.35. The molecule has 0 aliphatic heterocycles. The topological polar surface area (TPSA) is 29.1 Å². The minimum absolute atomic E-state index is 0.182. The van der Waals surface area contributed by atoms with Crippen molar-refractivity contribution in [1.82, 2.24) is 0 Å². The van der Waals surface area contributed by atoms with Gasteiger partial charge in [-0.1, -0.05) is 12.0 Å². The van der Waals surface area contributed by atoms with Gasteiger partial charge in [-0.15, -0.1) is 17.8 Å². The van der Waals surface area contributed by atoms with E-state index < -0.39 is 0 Å². The first kappa shape index (κ1) is 13.6. The van der Waals surface area contributed by atoms with Crippen molar-refractivity contribution in [3.63, 3.8) is 0 Å². The van der Waals surface area contributed by atoms with E-state index in [4.69, 9.17) is 6.42 Å². The van der Waals surface area contributed by atoms with Crippen LogP contribution in [0.4, 0.5) is 5.69 Å². The van der Waals surface area contributed by atoms with Crippen molar-refractivity contribution in [3.8, 4) is 12.3 Å². The van der Waals surface area contributed by atoms with Crippen LogP contribution < -0.4 is 5.32 Å². The molecule has 0 spiro atoms. The lowest BCUT2D eigenvalue weighted by Crippen LogP contribution is -2.07. The van der Waals surface area contributed by atoms with Crippen molar-refractivity contribution in [2.75, 3.05) is 5.32 Å². The lowest BCUT2D eigenvalue weighted by molar-refractivity contribution is -0.111. The second-order valence-electron chi connectivity index (χ2n) is 3.69. The highest BCUT2D eigenvalue weighted by atomic mass is 79.9. The molecule has 2 rings (SSSR count). The van der Waals surface area contributed by atoms with Crippen LogP contribution in [-0.2, 0) is 4.79 Å². The Bertz CT molecular complexity index is 667. The lowest BCUT2D eigenvalue weighted by Gasteiger charge is -2.02. The number of halogens is 1. The molecule has 1 heterocycles. The van der Waals surface area contributed by atoms with E-state index in [-0.39, 0.29) is 5.91 Å². The molecule has 94 valence electrons. The summed E-state index contributed by atoms with van der Waals surface area (Å²) in [5, 5.41) is 2.77. The molecule has 1 aromatic carbocycles. The van der Waals surface area contributed by atoms with Gasteiger partial charge in [0.1, 0.15) is 0 Å². The number of nitrogens with one attached hydrogen (secondary N) is 1. The maximum atomic E-state index is 11.7. The fourth-order valence-corrected chi connectivity index (χ4v) is 2.77. The predicted octanol–water partition coefficient (Wildman–Crippen LogP) is 4.14. The normalized spacial score (nSPS) is 10.3. The second-order valence-corrected chi connectivity index (χ2v) is 6.18. The minimum atomic E-state index is -0.182. The highest BCUT2D eigenvalue weighted by molar-refractivity contribution is 9.11. The van der Waals surface area contributed by atoms with Crippen molar-refractivity contribution in [1.29, 1.82) is 0 Å². The number of hydrogen-bond donors (Lipinski definition) is 1. The molecule has 0 fully saturated rings. The molecular formula is C15H10BrNOS. The van der Waals surface area contributed by atoms with Gasteiger partial charge < -0.3 is 5.32 Å².